The second-order valence-corrected chi connectivity index (χ2v) is 5.94. The number of fused-ring (bicyclic) bond motifs is 1. The zero-order chi connectivity index (χ0) is 18.6. The van der Waals surface area contributed by atoms with Gasteiger partial charge < -0.3 is 4.74 Å². The van der Waals surface area contributed by atoms with Crippen LogP contribution in [0.25, 0.3) is 29.0 Å². The summed E-state index contributed by atoms with van der Waals surface area (Å²) in [6.45, 7) is 0. The molecule has 132 valence electrons. The number of para-hydroxylation sites is 1. The molecule has 0 saturated carbocycles. The van der Waals surface area contributed by atoms with Gasteiger partial charge >= 0.3 is 0 Å². The molecule has 0 aliphatic rings. The molecular weight excluding hydrogens is 338 g/mol. The number of rotatable bonds is 4. The highest BCUT2D eigenvalue weighted by Gasteiger charge is 2.10. The third kappa shape index (κ3) is 3.35. The fourth-order valence-electron chi connectivity index (χ4n) is 2.94. The number of hydrogen-bond donors (Lipinski definition) is 0. The Kier molecular flexibility index (Phi) is 4.49. The van der Waals surface area contributed by atoms with Crippen molar-refractivity contribution in [2.45, 2.75) is 0 Å². The van der Waals surface area contributed by atoms with E-state index < -0.39 is 0 Å². The van der Waals surface area contributed by atoms with Gasteiger partial charge in [0.25, 0.3) is 0 Å². The van der Waals surface area contributed by atoms with Crippen LogP contribution in [0.2, 0.25) is 0 Å². The van der Waals surface area contributed by atoms with Crippen molar-refractivity contribution in [3.8, 4) is 11.7 Å². The van der Waals surface area contributed by atoms with Crippen molar-refractivity contribution in [1.82, 2.24) is 14.5 Å². The highest BCUT2D eigenvalue weighted by atomic mass is 16.5. The van der Waals surface area contributed by atoms with Gasteiger partial charge in [-0.15, -0.1) is 0 Å². The fourth-order valence-corrected chi connectivity index (χ4v) is 2.94. The SMILES string of the molecule is COc1ccc(/C=C/c2cc(=O)c3ccccc3n2-c2ncccn2)cc1. The molecule has 0 unspecified atom stereocenters. The minimum absolute atomic E-state index is 0.0350. The largest absolute Gasteiger partial charge is 0.497 e. The topological polar surface area (TPSA) is 57.0 Å². The van der Waals surface area contributed by atoms with Gasteiger partial charge in [0.1, 0.15) is 5.75 Å². The maximum atomic E-state index is 12.6. The van der Waals surface area contributed by atoms with E-state index in [0.717, 1.165) is 16.8 Å². The predicted octanol–water partition coefficient (Wildman–Crippen LogP) is 3.96. The van der Waals surface area contributed by atoms with Gasteiger partial charge in [-0.1, -0.05) is 30.3 Å². The predicted molar refractivity (Wildman–Crippen MR) is 107 cm³/mol. The molecule has 2 aromatic heterocycles. The number of benzene rings is 2. The third-order valence-corrected chi connectivity index (χ3v) is 4.26. The van der Waals surface area contributed by atoms with E-state index in [2.05, 4.69) is 9.97 Å². The Labute approximate surface area is 156 Å². The van der Waals surface area contributed by atoms with Crippen LogP contribution in [0, 0.1) is 0 Å². The molecule has 27 heavy (non-hydrogen) atoms. The molecule has 4 aromatic rings. The normalized spacial score (nSPS) is 11.1. The first kappa shape index (κ1) is 16.7. The zero-order valence-corrected chi connectivity index (χ0v) is 14.7. The molecule has 4 rings (SSSR count). The number of nitrogens with zero attached hydrogens (tertiary/aromatic N) is 3. The molecule has 0 fully saturated rings. The van der Waals surface area contributed by atoms with Gasteiger partial charge in [0, 0.05) is 23.8 Å². The van der Waals surface area contributed by atoms with Crippen LogP contribution in [-0.2, 0) is 0 Å². The van der Waals surface area contributed by atoms with E-state index in [4.69, 9.17) is 4.74 Å². The van der Waals surface area contributed by atoms with Gasteiger partial charge in [0.15, 0.2) is 5.43 Å². The molecule has 0 bridgehead atoms. The van der Waals surface area contributed by atoms with Gasteiger partial charge in [-0.3, -0.25) is 9.36 Å². The molecule has 5 nitrogen and oxygen atoms in total. The second-order valence-electron chi connectivity index (χ2n) is 5.94. The average molecular weight is 355 g/mol. The van der Waals surface area contributed by atoms with Crippen LogP contribution in [0.5, 0.6) is 5.75 Å². The van der Waals surface area contributed by atoms with Crippen molar-refractivity contribution in [1.29, 1.82) is 0 Å². The standard InChI is InChI=1S/C22H17N3O2/c1-27-18-11-8-16(9-12-18)7-10-17-15-21(26)19-5-2-3-6-20(19)25(17)22-23-13-4-14-24-22/h2-15H,1H3/b10-7+. The molecule has 0 aliphatic carbocycles. The maximum Gasteiger partial charge on any atom is 0.234 e. The number of methoxy groups -OCH3 is 1. The van der Waals surface area contributed by atoms with Crippen LogP contribution < -0.4 is 10.2 Å². The first-order chi connectivity index (χ1) is 13.3. The first-order valence-corrected chi connectivity index (χ1v) is 8.50. The van der Waals surface area contributed by atoms with Crippen LogP contribution in [0.4, 0.5) is 0 Å². The summed E-state index contributed by atoms with van der Waals surface area (Å²) in [5.74, 6) is 1.32. The molecule has 0 radical (unpaired) electrons. The van der Waals surface area contributed by atoms with E-state index in [1.807, 2.05) is 65.3 Å². The van der Waals surface area contributed by atoms with E-state index >= 15 is 0 Å². The van der Waals surface area contributed by atoms with Crippen LogP contribution in [0.15, 0.2) is 77.9 Å². The Morgan fingerprint density at radius 3 is 2.41 bits per heavy atom. The lowest BCUT2D eigenvalue weighted by Crippen LogP contribution is -2.12. The summed E-state index contributed by atoms with van der Waals surface area (Å²) in [6.07, 6.45) is 7.22. The monoisotopic (exact) mass is 355 g/mol. The zero-order valence-electron chi connectivity index (χ0n) is 14.7. The van der Waals surface area contributed by atoms with E-state index in [0.29, 0.717) is 17.0 Å². The minimum atomic E-state index is -0.0350. The molecule has 0 atom stereocenters. The maximum absolute atomic E-state index is 12.6. The van der Waals surface area contributed by atoms with Crippen molar-refractivity contribution in [2.24, 2.45) is 0 Å². The summed E-state index contributed by atoms with van der Waals surface area (Å²) >= 11 is 0. The molecule has 0 amide bonds. The number of pyridine rings is 1. The summed E-state index contributed by atoms with van der Waals surface area (Å²) in [7, 11) is 1.64. The van der Waals surface area contributed by atoms with Crippen LogP contribution in [-0.4, -0.2) is 21.6 Å². The lowest BCUT2D eigenvalue weighted by atomic mass is 10.1. The summed E-state index contributed by atoms with van der Waals surface area (Å²) in [4.78, 5) is 21.3. The van der Waals surface area contributed by atoms with Gasteiger partial charge in [-0.25, -0.2) is 9.97 Å². The lowest BCUT2D eigenvalue weighted by molar-refractivity contribution is 0.415. The smallest absolute Gasteiger partial charge is 0.234 e. The van der Waals surface area contributed by atoms with E-state index in [9.17, 15) is 4.79 Å². The van der Waals surface area contributed by atoms with Gasteiger partial charge in [0.05, 0.1) is 18.3 Å². The van der Waals surface area contributed by atoms with E-state index in [1.54, 1.807) is 31.6 Å². The van der Waals surface area contributed by atoms with Crippen molar-refractivity contribution in [3.63, 3.8) is 0 Å². The molecule has 2 aromatic carbocycles. The summed E-state index contributed by atoms with van der Waals surface area (Å²) in [6, 6.07) is 18.5. The molecular formula is C22H17N3O2. The molecule has 5 heteroatoms. The Morgan fingerprint density at radius 1 is 0.926 bits per heavy atom. The number of ether oxygens (including phenoxy) is 1. The molecule has 0 aliphatic heterocycles. The summed E-state index contributed by atoms with van der Waals surface area (Å²) in [5.41, 5.74) is 2.44. The molecule has 0 N–H and O–H groups in total. The lowest BCUT2D eigenvalue weighted by Gasteiger charge is -2.13. The van der Waals surface area contributed by atoms with Crippen LogP contribution in [0.3, 0.4) is 0 Å². The van der Waals surface area contributed by atoms with E-state index in [-0.39, 0.29) is 5.43 Å². The Hall–Kier alpha value is -3.73. The van der Waals surface area contributed by atoms with Crippen molar-refractivity contribution in [2.75, 3.05) is 7.11 Å². The summed E-state index contributed by atoms with van der Waals surface area (Å²) < 4.78 is 7.07. The van der Waals surface area contributed by atoms with Crippen molar-refractivity contribution < 1.29 is 4.74 Å². The Morgan fingerprint density at radius 2 is 1.67 bits per heavy atom. The average Bonchev–Trinajstić information content (AvgIpc) is 2.73. The number of aromatic nitrogens is 3. The highest BCUT2D eigenvalue weighted by molar-refractivity contribution is 5.83. The first-order valence-electron chi connectivity index (χ1n) is 8.50. The molecule has 0 spiro atoms. The van der Waals surface area contributed by atoms with Crippen molar-refractivity contribution in [3.05, 3.63) is 94.5 Å². The number of hydrogen-bond acceptors (Lipinski definition) is 4. The third-order valence-electron chi connectivity index (χ3n) is 4.26. The fraction of sp³-hybridized carbons (Fsp3) is 0.0455. The molecule has 2 heterocycles. The Bertz CT molecular complexity index is 1160. The van der Waals surface area contributed by atoms with Gasteiger partial charge in [-0.05, 0) is 42.0 Å². The quantitative estimate of drug-likeness (QED) is 0.556. The Balaban J connectivity index is 1.89. The second kappa shape index (κ2) is 7.25. The summed E-state index contributed by atoms with van der Waals surface area (Å²) in [5, 5.41) is 0.631. The van der Waals surface area contributed by atoms with Gasteiger partial charge in [-0.2, -0.15) is 0 Å². The van der Waals surface area contributed by atoms with E-state index in [1.165, 1.54) is 0 Å². The van der Waals surface area contributed by atoms with Crippen LogP contribution >= 0.6 is 0 Å². The minimum Gasteiger partial charge on any atom is -0.497 e. The molecule has 0 saturated heterocycles. The van der Waals surface area contributed by atoms with Crippen molar-refractivity contribution >= 4 is 23.1 Å². The van der Waals surface area contributed by atoms with Crippen LogP contribution in [0.1, 0.15) is 11.3 Å². The highest BCUT2D eigenvalue weighted by Crippen LogP contribution is 2.19. The van der Waals surface area contributed by atoms with Gasteiger partial charge in [0.2, 0.25) is 5.95 Å².